The van der Waals surface area contributed by atoms with Crippen LogP contribution in [0.25, 0.3) is 65.7 Å². The second-order valence-electron chi connectivity index (χ2n) is 15.7. The molecule has 1 aliphatic carbocycles. The minimum absolute atomic E-state index is 0.554. The Kier molecular flexibility index (Phi) is 7.48. The summed E-state index contributed by atoms with van der Waals surface area (Å²) in [7, 11) is 0. The van der Waals surface area contributed by atoms with Crippen LogP contribution < -0.4 is 4.90 Å². The van der Waals surface area contributed by atoms with Crippen LogP contribution >= 0.6 is 0 Å². The Morgan fingerprint density at radius 1 is 0.322 bits per heavy atom. The molecule has 0 bridgehead atoms. The molecule has 0 radical (unpaired) electrons. The van der Waals surface area contributed by atoms with E-state index in [1.54, 1.807) is 0 Å². The molecule has 12 rings (SSSR count). The number of anilines is 3. The Bertz CT molecular complexity index is 3330. The molecule has 0 saturated carbocycles. The Morgan fingerprint density at radius 2 is 0.814 bits per heavy atom. The molecule has 10 aromatic carbocycles. The number of hydrogen-bond acceptors (Lipinski definition) is 2. The first kappa shape index (κ1) is 33.5. The number of hydrogen-bond donors (Lipinski definition) is 0. The topological polar surface area (TPSA) is 16.4 Å². The van der Waals surface area contributed by atoms with E-state index in [9.17, 15) is 0 Å². The molecule has 59 heavy (non-hydrogen) atoms. The maximum absolute atomic E-state index is 6.51. The first-order chi connectivity index (χ1) is 29.2. The molecule has 2 heteroatoms. The molecule has 1 aromatic heterocycles. The van der Waals surface area contributed by atoms with Gasteiger partial charge in [-0.3, -0.25) is 0 Å². The summed E-state index contributed by atoms with van der Waals surface area (Å²) >= 11 is 0. The highest BCUT2D eigenvalue weighted by atomic mass is 16.3. The molecule has 0 atom stereocenters. The van der Waals surface area contributed by atoms with Crippen LogP contribution in [0.3, 0.4) is 0 Å². The third-order valence-electron chi connectivity index (χ3n) is 12.5. The Morgan fingerprint density at radius 3 is 1.49 bits per heavy atom. The molecular formula is C57H37NO. The van der Waals surface area contributed by atoms with Crippen molar-refractivity contribution in [2.75, 3.05) is 4.90 Å². The molecule has 2 nitrogen and oxygen atoms in total. The van der Waals surface area contributed by atoms with E-state index in [1.807, 2.05) is 0 Å². The van der Waals surface area contributed by atoms with Crippen LogP contribution in [-0.4, -0.2) is 0 Å². The number of rotatable bonds is 6. The lowest BCUT2D eigenvalue weighted by Gasteiger charge is -2.35. The molecule has 0 N–H and O–H groups in total. The summed E-state index contributed by atoms with van der Waals surface area (Å²) in [5, 5.41) is 7.06. The number of benzene rings is 10. The quantitative estimate of drug-likeness (QED) is 0.168. The van der Waals surface area contributed by atoms with E-state index in [0.717, 1.165) is 39.0 Å². The van der Waals surface area contributed by atoms with E-state index >= 15 is 0 Å². The van der Waals surface area contributed by atoms with Crippen LogP contribution in [0.4, 0.5) is 17.1 Å². The molecule has 1 aliphatic rings. The van der Waals surface area contributed by atoms with E-state index in [4.69, 9.17) is 4.42 Å². The van der Waals surface area contributed by atoms with Crippen LogP contribution in [0.5, 0.6) is 0 Å². The molecular weight excluding hydrogens is 715 g/mol. The summed E-state index contributed by atoms with van der Waals surface area (Å²) in [6.45, 7) is 0. The van der Waals surface area contributed by atoms with Crippen LogP contribution in [0, 0.1) is 0 Å². The average Bonchev–Trinajstić information content (AvgIpc) is 3.80. The van der Waals surface area contributed by atoms with Gasteiger partial charge in [0.2, 0.25) is 0 Å². The van der Waals surface area contributed by atoms with Crippen molar-refractivity contribution in [3.05, 3.63) is 247 Å². The van der Waals surface area contributed by atoms with Gasteiger partial charge >= 0.3 is 0 Å². The van der Waals surface area contributed by atoms with E-state index in [2.05, 4.69) is 229 Å². The van der Waals surface area contributed by atoms with Crippen molar-refractivity contribution in [2.45, 2.75) is 5.41 Å². The molecule has 1 heterocycles. The fourth-order valence-corrected chi connectivity index (χ4v) is 9.77. The Hall–Kier alpha value is -7.68. The van der Waals surface area contributed by atoms with Gasteiger partial charge in [0.05, 0.1) is 5.41 Å². The first-order valence-corrected chi connectivity index (χ1v) is 20.3. The SMILES string of the molecule is c1ccc(-c2ccc(N(c3ccc4c(c3)C(c3ccccc3)(c3ccccc3)c3cc5ccccc5cc3-4)c3ccc4oc5cc6ccccc6cc5c4c3)cc2)cc1. The largest absolute Gasteiger partial charge is 0.456 e. The zero-order valence-corrected chi connectivity index (χ0v) is 32.2. The normalized spacial score (nSPS) is 12.9. The third-order valence-corrected chi connectivity index (χ3v) is 12.5. The van der Waals surface area contributed by atoms with Crippen molar-refractivity contribution in [1.82, 2.24) is 0 Å². The molecule has 0 saturated heterocycles. The highest BCUT2D eigenvalue weighted by molar-refractivity contribution is 6.11. The Balaban J connectivity index is 1.12. The van der Waals surface area contributed by atoms with Gasteiger partial charge in [0.1, 0.15) is 11.2 Å². The lowest BCUT2D eigenvalue weighted by molar-refractivity contribution is 0.669. The first-order valence-electron chi connectivity index (χ1n) is 20.3. The van der Waals surface area contributed by atoms with Gasteiger partial charge in [-0.15, -0.1) is 0 Å². The second kappa shape index (κ2) is 13.2. The van der Waals surface area contributed by atoms with E-state index in [-0.39, 0.29) is 0 Å². The van der Waals surface area contributed by atoms with Crippen molar-refractivity contribution in [2.24, 2.45) is 0 Å². The summed E-state index contributed by atoms with van der Waals surface area (Å²) in [6, 6.07) is 82.0. The van der Waals surface area contributed by atoms with Crippen molar-refractivity contribution >= 4 is 60.5 Å². The van der Waals surface area contributed by atoms with Crippen LogP contribution in [0.1, 0.15) is 22.3 Å². The highest BCUT2D eigenvalue weighted by Crippen LogP contribution is 2.58. The predicted octanol–water partition coefficient (Wildman–Crippen LogP) is 15.4. The lowest BCUT2D eigenvalue weighted by atomic mass is 9.67. The van der Waals surface area contributed by atoms with Gasteiger partial charge in [0.15, 0.2) is 0 Å². The van der Waals surface area contributed by atoms with Crippen molar-refractivity contribution in [3.63, 3.8) is 0 Å². The molecule has 0 aliphatic heterocycles. The highest BCUT2D eigenvalue weighted by Gasteiger charge is 2.46. The molecule has 11 aromatic rings. The summed E-state index contributed by atoms with van der Waals surface area (Å²) in [5.41, 5.74) is 14.4. The van der Waals surface area contributed by atoms with Crippen LogP contribution in [0.2, 0.25) is 0 Å². The van der Waals surface area contributed by atoms with Crippen molar-refractivity contribution < 1.29 is 4.42 Å². The lowest BCUT2D eigenvalue weighted by Crippen LogP contribution is -2.28. The van der Waals surface area contributed by atoms with Crippen LogP contribution in [-0.2, 0) is 5.41 Å². The third kappa shape index (κ3) is 5.20. The van der Waals surface area contributed by atoms with Crippen molar-refractivity contribution in [3.8, 4) is 22.3 Å². The molecule has 0 fully saturated rings. The van der Waals surface area contributed by atoms with E-state index < -0.39 is 5.41 Å². The number of furan rings is 1. The molecule has 0 spiro atoms. The fraction of sp³-hybridized carbons (Fsp3) is 0.0175. The average molecular weight is 752 g/mol. The predicted molar refractivity (Wildman–Crippen MR) is 246 cm³/mol. The standard InChI is InChI=1S/C57H37NO/c1-4-14-38(15-5-1)39-24-26-46(27-25-39)58(47-29-31-55-52(36-47)51-33-41-17-11-13-19-43(41)35-56(51)59-55)48-28-30-49-50-32-40-16-10-12-18-42(40)34-53(50)57(54(49)37-48,44-20-6-2-7-21-44)45-22-8-3-9-23-45/h1-37H. The summed E-state index contributed by atoms with van der Waals surface area (Å²) in [5.74, 6) is 0. The number of nitrogens with zero attached hydrogens (tertiary/aromatic N) is 1. The maximum Gasteiger partial charge on any atom is 0.136 e. The van der Waals surface area contributed by atoms with Crippen LogP contribution in [0.15, 0.2) is 229 Å². The fourth-order valence-electron chi connectivity index (χ4n) is 9.77. The smallest absolute Gasteiger partial charge is 0.136 e. The van der Waals surface area contributed by atoms with Gasteiger partial charge in [-0.05, 0) is 133 Å². The minimum atomic E-state index is -0.554. The van der Waals surface area contributed by atoms with Gasteiger partial charge in [-0.25, -0.2) is 0 Å². The van der Waals surface area contributed by atoms with E-state index in [1.165, 1.54) is 66.1 Å². The van der Waals surface area contributed by atoms with Gasteiger partial charge in [-0.2, -0.15) is 0 Å². The van der Waals surface area contributed by atoms with Gasteiger partial charge < -0.3 is 9.32 Å². The van der Waals surface area contributed by atoms with Gasteiger partial charge in [-0.1, -0.05) is 158 Å². The second-order valence-corrected chi connectivity index (χ2v) is 15.7. The zero-order chi connectivity index (χ0) is 38.9. The van der Waals surface area contributed by atoms with Crippen molar-refractivity contribution in [1.29, 1.82) is 0 Å². The summed E-state index contributed by atoms with van der Waals surface area (Å²) in [4.78, 5) is 2.41. The molecule has 276 valence electrons. The van der Waals surface area contributed by atoms with E-state index in [0.29, 0.717) is 0 Å². The Labute approximate surface area is 342 Å². The van der Waals surface area contributed by atoms with Gasteiger partial charge in [0, 0.05) is 27.8 Å². The molecule has 0 unspecified atom stereocenters. The minimum Gasteiger partial charge on any atom is -0.456 e. The summed E-state index contributed by atoms with van der Waals surface area (Å²) in [6.07, 6.45) is 0. The zero-order valence-electron chi connectivity index (χ0n) is 32.2. The maximum atomic E-state index is 6.51. The van der Waals surface area contributed by atoms with Gasteiger partial charge in [0.25, 0.3) is 0 Å². The summed E-state index contributed by atoms with van der Waals surface area (Å²) < 4.78 is 6.51. The number of fused-ring (bicyclic) bond motifs is 8. The molecule has 0 amide bonds. The monoisotopic (exact) mass is 751 g/mol.